The first kappa shape index (κ1) is 21.4. The number of thiophene rings is 1. The molecule has 1 aliphatic heterocycles. The Kier molecular flexibility index (Phi) is 6.99. The van der Waals surface area contributed by atoms with Gasteiger partial charge in [-0.25, -0.2) is 12.8 Å². The van der Waals surface area contributed by atoms with Crippen molar-refractivity contribution in [3.63, 3.8) is 0 Å². The fourth-order valence-electron chi connectivity index (χ4n) is 2.98. The monoisotopic (exact) mass is 440 g/mol. The van der Waals surface area contributed by atoms with Crippen LogP contribution in [-0.2, 0) is 24.2 Å². The lowest BCUT2D eigenvalue weighted by Crippen LogP contribution is -2.44. The van der Waals surface area contributed by atoms with Crippen LogP contribution in [0.15, 0.2) is 46.7 Å². The lowest BCUT2D eigenvalue weighted by atomic mass is 10.2. The maximum absolute atomic E-state index is 13.2. The van der Waals surface area contributed by atoms with Crippen LogP contribution in [0, 0.1) is 5.82 Å². The molecule has 10 heteroatoms. The molecule has 0 radical (unpaired) electrons. The van der Waals surface area contributed by atoms with Crippen molar-refractivity contribution in [3.8, 4) is 0 Å². The standard InChI is InChI=1S/C19H21FN2O5S2/c20-13-5-7-15(8-6-13)29(25,26)17(16-4-2-10-28-16)12-22-19(24)18(23)21-11-14-3-1-9-27-14/h2,4-8,10,14,17H,1,3,9,11-12H2,(H,21,23)(H,22,24)/t14-,17-/m0/s1. The number of nitrogens with one attached hydrogen (secondary N) is 2. The lowest BCUT2D eigenvalue weighted by Gasteiger charge is -2.17. The molecular weight excluding hydrogens is 419 g/mol. The number of benzene rings is 1. The molecule has 0 aliphatic carbocycles. The molecule has 2 atom stereocenters. The van der Waals surface area contributed by atoms with Gasteiger partial charge in [0.15, 0.2) is 9.84 Å². The van der Waals surface area contributed by atoms with Crippen molar-refractivity contribution in [3.05, 3.63) is 52.5 Å². The maximum atomic E-state index is 13.2. The van der Waals surface area contributed by atoms with Gasteiger partial charge in [-0.2, -0.15) is 0 Å². The van der Waals surface area contributed by atoms with Crippen LogP contribution >= 0.6 is 11.3 Å². The van der Waals surface area contributed by atoms with Crippen molar-refractivity contribution in [2.45, 2.75) is 29.1 Å². The third-order valence-corrected chi connectivity index (χ3v) is 7.78. The van der Waals surface area contributed by atoms with E-state index in [0.29, 0.717) is 11.5 Å². The van der Waals surface area contributed by atoms with E-state index in [1.54, 1.807) is 17.5 Å². The highest BCUT2D eigenvalue weighted by molar-refractivity contribution is 7.91. The van der Waals surface area contributed by atoms with E-state index in [2.05, 4.69) is 10.6 Å². The smallest absolute Gasteiger partial charge is 0.309 e. The molecule has 0 saturated carbocycles. The van der Waals surface area contributed by atoms with Gasteiger partial charge in [-0.15, -0.1) is 11.3 Å². The summed E-state index contributed by atoms with van der Waals surface area (Å²) >= 11 is 1.22. The van der Waals surface area contributed by atoms with Crippen LogP contribution in [0.2, 0.25) is 0 Å². The van der Waals surface area contributed by atoms with Crippen LogP contribution in [0.3, 0.4) is 0 Å². The SMILES string of the molecule is O=C(NC[C@@H]1CCCO1)C(=O)NC[C@@H](c1cccs1)S(=O)(=O)c1ccc(F)cc1. The van der Waals surface area contributed by atoms with E-state index in [9.17, 15) is 22.4 Å². The molecule has 1 aromatic heterocycles. The molecule has 1 aromatic carbocycles. The summed E-state index contributed by atoms with van der Waals surface area (Å²) in [6.07, 6.45) is 1.62. The molecule has 29 heavy (non-hydrogen) atoms. The predicted molar refractivity (Wildman–Crippen MR) is 106 cm³/mol. The Labute approximate surface area is 172 Å². The Morgan fingerprint density at radius 2 is 1.90 bits per heavy atom. The van der Waals surface area contributed by atoms with Crippen LogP contribution in [-0.4, -0.2) is 46.0 Å². The fourth-order valence-corrected chi connectivity index (χ4v) is 5.77. The number of sulfone groups is 1. The fraction of sp³-hybridized carbons (Fsp3) is 0.368. The molecule has 0 spiro atoms. The number of hydrogen-bond donors (Lipinski definition) is 2. The van der Waals surface area contributed by atoms with Crippen molar-refractivity contribution in [1.29, 1.82) is 0 Å². The summed E-state index contributed by atoms with van der Waals surface area (Å²) in [6, 6.07) is 7.83. The number of rotatable bonds is 7. The minimum atomic E-state index is -3.91. The summed E-state index contributed by atoms with van der Waals surface area (Å²) in [5.74, 6) is -2.31. The third kappa shape index (κ3) is 5.40. The molecule has 2 N–H and O–H groups in total. The molecule has 1 aliphatic rings. The number of carbonyl (C=O) groups excluding carboxylic acids is 2. The summed E-state index contributed by atoms with van der Waals surface area (Å²) in [6.45, 7) is 0.581. The summed E-state index contributed by atoms with van der Waals surface area (Å²) in [5, 5.41) is 5.52. The van der Waals surface area contributed by atoms with Gasteiger partial charge in [0.05, 0.1) is 11.0 Å². The molecule has 1 saturated heterocycles. The number of carbonyl (C=O) groups is 2. The van der Waals surface area contributed by atoms with Crippen LogP contribution < -0.4 is 10.6 Å². The third-order valence-electron chi connectivity index (χ3n) is 4.55. The molecule has 156 valence electrons. The first-order valence-electron chi connectivity index (χ1n) is 9.08. The quantitative estimate of drug-likeness (QED) is 0.505. The van der Waals surface area contributed by atoms with Gasteiger partial charge in [0.1, 0.15) is 11.1 Å². The number of amides is 2. The predicted octanol–water partition coefficient (Wildman–Crippen LogP) is 1.81. The second-order valence-electron chi connectivity index (χ2n) is 6.56. The number of hydrogen-bond acceptors (Lipinski definition) is 6. The topological polar surface area (TPSA) is 102 Å². The first-order valence-corrected chi connectivity index (χ1v) is 11.5. The van der Waals surface area contributed by atoms with E-state index < -0.39 is 32.7 Å². The zero-order chi connectivity index (χ0) is 20.9. The highest BCUT2D eigenvalue weighted by atomic mass is 32.2. The van der Waals surface area contributed by atoms with E-state index in [4.69, 9.17) is 4.74 Å². The van der Waals surface area contributed by atoms with Gasteiger partial charge in [-0.1, -0.05) is 6.07 Å². The van der Waals surface area contributed by atoms with Crippen molar-refractivity contribution in [2.24, 2.45) is 0 Å². The van der Waals surface area contributed by atoms with Gasteiger partial charge >= 0.3 is 11.8 Å². The summed E-state index contributed by atoms with van der Waals surface area (Å²) in [5.41, 5.74) is 0. The lowest BCUT2D eigenvalue weighted by molar-refractivity contribution is -0.139. The van der Waals surface area contributed by atoms with E-state index >= 15 is 0 Å². The Morgan fingerprint density at radius 1 is 1.17 bits per heavy atom. The Morgan fingerprint density at radius 3 is 2.52 bits per heavy atom. The van der Waals surface area contributed by atoms with E-state index in [0.717, 1.165) is 25.0 Å². The molecule has 1 fully saturated rings. The van der Waals surface area contributed by atoms with Crippen molar-refractivity contribution >= 4 is 33.0 Å². The zero-order valence-corrected chi connectivity index (χ0v) is 17.1. The highest BCUT2D eigenvalue weighted by Gasteiger charge is 2.31. The van der Waals surface area contributed by atoms with E-state index in [1.165, 1.54) is 23.5 Å². The van der Waals surface area contributed by atoms with Gasteiger partial charge < -0.3 is 15.4 Å². The largest absolute Gasteiger partial charge is 0.376 e. The second kappa shape index (κ2) is 9.47. The second-order valence-corrected chi connectivity index (χ2v) is 9.67. The molecule has 2 heterocycles. The highest BCUT2D eigenvalue weighted by Crippen LogP contribution is 2.31. The average molecular weight is 441 g/mol. The van der Waals surface area contributed by atoms with Gasteiger partial charge in [0, 0.05) is 24.6 Å². The van der Waals surface area contributed by atoms with Gasteiger partial charge in [-0.3, -0.25) is 9.59 Å². The van der Waals surface area contributed by atoms with Crippen LogP contribution in [0.4, 0.5) is 4.39 Å². The van der Waals surface area contributed by atoms with Crippen molar-refractivity contribution < 1.29 is 27.1 Å². The first-order chi connectivity index (χ1) is 13.9. The van der Waals surface area contributed by atoms with Crippen LogP contribution in [0.5, 0.6) is 0 Å². The molecule has 2 amide bonds. The zero-order valence-electron chi connectivity index (χ0n) is 15.5. The summed E-state index contributed by atoms with van der Waals surface area (Å²) in [4.78, 5) is 24.6. The molecular formula is C19H21FN2O5S2. The van der Waals surface area contributed by atoms with Gasteiger partial charge in [-0.05, 0) is 48.6 Å². The summed E-state index contributed by atoms with van der Waals surface area (Å²) < 4.78 is 44.6. The normalized spacial score (nSPS) is 17.6. The van der Waals surface area contributed by atoms with Gasteiger partial charge in [0.2, 0.25) is 0 Å². The Bertz CT molecular complexity index is 939. The maximum Gasteiger partial charge on any atom is 0.309 e. The molecule has 7 nitrogen and oxygen atoms in total. The van der Waals surface area contributed by atoms with E-state index in [-0.39, 0.29) is 24.1 Å². The molecule has 3 rings (SSSR count). The molecule has 0 unspecified atom stereocenters. The minimum absolute atomic E-state index is 0.0608. The molecule has 2 aromatic rings. The number of halogens is 1. The summed E-state index contributed by atoms with van der Waals surface area (Å²) in [7, 11) is -3.91. The minimum Gasteiger partial charge on any atom is -0.376 e. The number of ether oxygens (including phenoxy) is 1. The van der Waals surface area contributed by atoms with Crippen molar-refractivity contribution in [2.75, 3.05) is 19.7 Å². The van der Waals surface area contributed by atoms with Crippen molar-refractivity contribution in [1.82, 2.24) is 10.6 Å². The average Bonchev–Trinajstić information content (AvgIpc) is 3.40. The molecule has 0 bridgehead atoms. The van der Waals surface area contributed by atoms with E-state index in [1.807, 2.05) is 0 Å². The Hall–Kier alpha value is -2.30. The van der Waals surface area contributed by atoms with Gasteiger partial charge in [0.25, 0.3) is 0 Å². The Balaban J connectivity index is 1.67. The van der Waals surface area contributed by atoms with Crippen LogP contribution in [0.25, 0.3) is 0 Å². The van der Waals surface area contributed by atoms with Crippen LogP contribution in [0.1, 0.15) is 23.0 Å².